The molecule has 2 aliphatic heterocycles. The van der Waals surface area contributed by atoms with E-state index >= 15 is 0 Å². The van der Waals surface area contributed by atoms with Gasteiger partial charge in [-0.15, -0.1) is 0 Å². The molecule has 2 amide bonds. The molecule has 3 rings (SSSR count). The number of carbonyl (C=O) groups excluding carboxylic acids is 2. The van der Waals surface area contributed by atoms with E-state index in [1.54, 1.807) is 13.2 Å². The fraction of sp³-hybridized carbons (Fsp3) is 0.412. The van der Waals surface area contributed by atoms with Gasteiger partial charge in [0.15, 0.2) is 0 Å². The lowest BCUT2D eigenvalue weighted by atomic mass is 10.1. The van der Waals surface area contributed by atoms with E-state index in [1.165, 1.54) is 11.3 Å². The topological polar surface area (TPSA) is 49.9 Å². The smallest absolute Gasteiger partial charge is 0.294 e. The molecule has 5 nitrogen and oxygen atoms in total. The van der Waals surface area contributed by atoms with Crippen LogP contribution in [0.25, 0.3) is 6.08 Å². The van der Waals surface area contributed by atoms with Gasteiger partial charge in [-0.1, -0.05) is 18.6 Å². The van der Waals surface area contributed by atoms with Gasteiger partial charge in [-0.25, -0.2) is 0 Å². The summed E-state index contributed by atoms with van der Waals surface area (Å²) in [6.45, 7) is 2.31. The summed E-state index contributed by atoms with van der Waals surface area (Å²) in [5, 5.41) is -0.185. The largest absolute Gasteiger partial charge is 0.497 e. The second-order valence-corrected chi connectivity index (χ2v) is 6.70. The van der Waals surface area contributed by atoms with E-state index < -0.39 is 0 Å². The molecule has 0 N–H and O–H groups in total. The molecule has 0 radical (unpaired) electrons. The van der Waals surface area contributed by atoms with Crippen molar-refractivity contribution in [2.45, 2.75) is 19.3 Å². The maximum atomic E-state index is 12.5. The standard InChI is InChI=1S/C17H20N2O3S/c1-22-14-7-5-6-13(10-14)11-15-16(20)19(17(21)23-15)12-18-8-3-2-4-9-18/h5-7,10-11H,2-4,8-9,12H2,1H3/b15-11+. The van der Waals surface area contributed by atoms with E-state index in [2.05, 4.69) is 4.90 Å². The first-order valence-corrected chi connectivity index (χ1v) is 8.61. The van der Waals surface area contributed by atoms with Crippen molar-refractivity contribution >= 4 is 29.0 Å². The number of ether oxygens (including phenoxy) is 1. The van der Waals surface area contributed by atoms with Gasteiger partial charge < -0.3 is 4.74 Å². The predicted octanol–water partition coefficient (Wildman–Crippen LogP) is 3.17. The SMILES string of the molecule is COc1cccc(/C=C2/SC(=O)N(CN3CCCCC3)C2=O)c1. The molecule has 0 bridgehead atoms. The summed E-state index contributed by atoms with van der Waals surface area (Å²) in [7, 11) is 1.60. The minimum absolute atomic E-state index is 0.185. The lowest BCUT2D eigenvalue weighted by Crippen LogP contribution is -2.42. The maximum absolute atomic E-state index is 12.5. The normalized spacial score (nSPS) is 21.3. The van der Waals surface area contributed by atoms with Crippen molar-refractivity contribution in [1.29, 1.82) is 0 Å². The van der Waals surface area contributed by atoms with Gasteiger partial charge in [-0.05, 0) is 61.5 Å². The Morgan fingerprint density at radius 1 is 1.22 bits per heavy atom. The molecule has 2 heterocycles. The number of imide groups is 1. The lowest BCUT2D eigenvalue weighted by molar-refractivity contribution is -0.124. The Morgan fingerprint density at radius 2 is 2.00 bits per heavy atom. The minimum Gasteiger partial charge on any atom is -0.497 e. The number of benzene rings is 1. The molecule has 0 atom stereocenters. The molecule has 23 heavy (non-hydrogen) atoms. The van der Waals surface area contributed by atoms with Crippen molar-refractivity contribution in [1.82, 2.24) is 9.80 Å². The number of hydrogen-bond acceptors (Lipinski definition) is 5. The minimum atomic E-state index is -0.201. The fourth-order valence-corrected chi connectivity index (χ4v) is 3.64. The van der Waals surface area contributed by atoms with Gasteiger partial charge >= 0.3 is 0 Å². The van der Waals surface area contributed by atoms with Crippen LogP contribution in [0, 0.1) is 0 Å². The Morgan fingerprint density at radius 3 is 2.74 bits per heavy atom. The van der Waals surface area contributed by atoms with E-state index in [0.717, 1.165) is 49.0 Å². The molecule has 122 valence electrons. The van der Waals surface area contributed by atoms with Crippen LogP contribution in [0.1, 0.15) is 24.8 Å². The third-order valence-electron chi connectivity index (χ3n) is 4.06. The van der Waals surface area contributed by atoms with Crippen LogP contribution < -0.4 is 4.74 Å². The van der Waals surface area contributed by atoms with Crippen LogP contribution in [-0.4, -0.2) is 47.8 Å². The highest BCUT2D eigenvalue weighted by molar-refractivity contribution is 8.18. The zero-order valence-corrected chi connectivity index (χ0v) is 14.0. The molecule has 0 aromatic heterocycles. The first kappa shape index (κ1) is 16.1. The van der Waals surface area contributed by atoms with Crippen LogP contribution in [0.5, 0.6) is 5.75 Å². The fourth-order valence-electron chi connectivity index (χ4n) is 2.81. The molecule has 0 spiro atoms. The van der Waals surface area contributed by atoms with Gasteiger partial charge in [0.2, 0.25) is 0 Å². The second kappa shape index (κ2) is 7.19. The number of amides is 2. The van der Waals surface area contributed by atoms with E-state index in [-0.39, 0.29) is 11.1 Å². The highest BCUT2D eigenvalue weighted by Gasteiger charge is 2.36. The van der Waals surface area contributed by atoms with Crippen LogP contribution in [0.3, 0.4) is 0 Å². The molecule has 0 saturated carbocycles. The first-order valence-electron chi connectivity index (χ1n) is 7.79. The summed E-state index contributed by atoms with van der Waals surface area (Å²) in [6, 6.07) is 7.45. The van der Waals surface area contributed by atoms with Crippen molar-refractivity contribution < 1.29 is 14.3 Å². The number of carbonyl (C=O) groups is 2. The number of thioether (sulfide) groups is 1. The van der Waals surface area contributed by atoms with Crippen molar-refractivity contribution in [2.75, 3.05) is 26.9 Å². The Balaban J connectivity index is 1.73. The van der Waals surface area contributed by atoms with Crippen molar-refractivity contribution in [2.24, 2.45) is 0 Å². The lowest BCUT2D eigenvalue weighted by Gasteiger charge is -2.29. The summed E-state index contributed by atoms with van der Waals surface area (Å²) in [5.74, 6) is 0.527. The molecule has 1 aromatic rings. The monoisotopic (exact) mass is 332 g/mol. The van der Waals surface area contributed by atoms with E-state index in [1.807, 2.05) is 24.3 Å². The molecular formula is C17H20N2O3S. The zero-order chi connectivity index (χ0) is 16.2. The summed E-state index contributed by atoms with van der Waals surface area (Å²) >= 11 is 1.01. The summed E-state index contributed by atoms with van der Waals surface area (Å²) in [6.07, 6.45) is 5.25. The highest BCUT2D eigenvalue weighted by atomic mass is 32.2. The van der Waals surface area contributed by atoms with E-state index in [9.17, 15) is 9.59 Å². The average Bonchev–Trinajstić information content (AvgIpc) is 2.83. The van der Waals surface area contributed by atoms with Gasteiger partial charge in [0, 0.05) is 0 Å². The van der Waals surface area contributed by atoms with Crippen molar-refractivity contribution in [3.8, 4) is 5.75 Å². The predicted molar refractivity (Wildman–Crippen MR) is 91.1 cm³/mol. The summed E-state index contributed by atoms with van der Waals surface area (Å²) in [4.78, 5) is 28.7. The second-order valence-electron chi connectivity index (χ2n) is 5.71. The number of piperidine rings is 1. The van der Waals surface area contributed by atoms with Crippen molar-refractivity contribution in [3.63, 3.8) is 0 Å². The number of hydrogen-bond donors (Lipinski definition) is 0. The van der Waals surface area contributed by atoms with Crippen LogP contribution in [0.2, 0.25) is 0 Å². The number of likely N-dealkylation sites (tertiary alicyclic amines) is 1. The molecule has 6 heteroatoms. The molecule has 2 aliphatic rings. The number of nitrogens with zero attached hydrogens (tertiary/aromatic N) is 2. The molecule has 0 aliphatic carbocycles. The Kier molecular flexibility index (Phi) is 5.03. The molecular weight excluding hydrogens is 312 g/mol. The molecule has 2 fully saturated rings. The van der Waals surface area contributed by atoms with Gasteiger partial charge in [-0.2, -0.15) is 0 Å². The molecule has 2 saturated heterocycles. The Hall–Kier alpha value is -1.79. The number of rotatable bonds is 4. The van der Waals surface area contributed by atoms with Crippen molar-refractivity contribution in [3.05, 3.63) is 34.7 Å². The Labute approximate surface area is 140 Å². The van der Waals surface area contributed by atoms with Gasteiger partial charge in [0.1, 0.15) is 5.75 Å². The summed E-state index contributed by atoms with van der Waals surface area (Å²) in [5.41, 5.74) is 0.854. The average molecular weight is 332 g/mol. The van der Waals surface area contributed by atoms with Gasteiger partial charge in [0.25, 0.3) is 11.1 Å². The Bertz CT molecular complexity index is 638. The molecule has 1 aromatic carbocycles. The van der Waals surface area contributed by atoms with Crippen LogP contribution in [0.15, 0.2) is 29.2 Å². The highest BCUT2D eigenvalue weighted by Crippen LogP contribution is 2.33. The first-order chi connectivity index (χ1) is 11.2. The van der Waals surface area contributed by atoms with Gasteiger partial charge in [-0.3, -0.25) is 19.4 Å². The van der Waals surface area contributed by atoms with Crippen LogP contribution >= 0.6 is 11.8 Å². The third kappa shape index (κ3) is 3.76. The van der Waals surface area contributed by atoms with Crippen LogP contribution in [-0.2, 0) is 4.79 Å². The maximum Gasteiger partial charge on any atom is 0.294 e. The zero-order valence-electron chi connectivity index (χ0n) is 13.2. The van der Waals surface area contributed by atoms with Gasteiger partial charge in [0.05, 0.1) is 18.7 Å². The number of methoxy groups -OCH3 is 1. The third-order valence-corrected chi connectivity index (χ3v) is 4.96. The van der Waals surface area contributed by atoms with E-state index in [0.29, 0.717) is 11.6 Å². The molecule has 0 unspecified atom stereocenters. The van der Waals surface area contributed by atoms with E-state index in [4.69, 9.17) is 4.74 Å². The summed E-state index contributed by atoms with van der Waals surface area (Å²) < 4.78 is 5.18. The van der Waals surface area contributed by atoms with Crippen LogP contribution in [0.4, 0.5) is 4.79 Å². The quantitative estimate of drug-likeness (QED) is 0.793.